The third-order valence-electron chi connectivity index (χ3n) is 4.65. The quantitative estimate of drug-likeness (QED) is 0.392. The van der Waals surface area contributed by atoms with Crippen LogP contribution in [0.3, 0.4) is 0 Å². The minimum atomic E-state index is -3.12. The summed E-state index contributed by atoms with van der Waals surface area (Å²) >= 11 is 0. The molecule has 0 bridgehead atoms. The lowest BCUT2D eigenvalue weighted by atomic mass is 9.93. The fourth-order valence-corrected chi connectivity index (χ4v) is 4.35. The Labute approximate surface area is 135 Å². The molecule has 0 aliphatic heterocycles. The molecule has 0 saturated carbocycles. The molecule has 0 aliphatic rings. The average molecular weight is 352 g/mol. The number of carbonyl (C=O) groups is 1. The second-order valence-electron chi connectivity index (χ2n) is 7.68. The normalized spacial score (nSPS) is 14.9. The van der Waals surface area contributed by atoms with E-state index in [1.807, 2.05) is 13.1 Å². The summed E-state index contributed by atoms with van der Waals surface area (Å²) in [6, 6.07) is 0. The van der Waals surface area contributed by atoms with Crippen molar-refractivity contribution in [2.75, 3.05) is 18.9 Å². The minimum absolute atomic E-state index is 0.0695. The van der Waals surface area contributed by atoms with E-state index in [4.69, 9.17) is 10.2 Å². The van der Waals surface area contributed by atoms with E-state index < -0.39 is 28.2 Å². The summed E-state index contributed by atoms with van der Waals surface area (Å²) in [5.74, 6) is 0.249. The third kappa shape index (κ3) is 7.51. The maximum absolute atomic E-state index is 11.8. The number of aliphatic hydroxyl groups is 2. The van der Waals surface area contributed by atoms with E-state index in [-0.39, 0.29) is 17.0 Å². The largest absolute Gasteiger partial charge is 0.432 e. The maximum atomic E-state index is 11.8. The number of rotatable bonds is 11. The molecule has 3 N–H and O–H groups in total. The van der Waals surface area contributed by atoms with Gasteiger partial charge in [0.15, 0.2) is 8.32 Å². The summed E-state index contributed by atoms with van der Waals surface area (Å²) in [5.41, 5.74) is 0. The summed E-state index contributed by atoms with van der Waals surface area (Å²) < 4.78 is 11.8. The van der Waals surface area contributed by atoms with Crippen LogP contribution in [0.5, 0.6) is 0 Å². The van der Waals surface area contributed by atoms with Gasteiger partial charge in [-0.25, -0.2) is 0 Å². The summed E-state index contributed by atoms with van der Waals surface area (Å²) in [4.78, 5) is 22.1. The number of hydrogen-bond acceptors (Lipinski definition) is 5. The van der Waals surface area contributed by atoms with Gasteiger partial charge < -0.3 is 19.6 Å². The summed E-state index contributed by atoms with van der Waals surface area (Å²) in [6.45, 7) is 10.2. The van der Waals surface area contributed by atoms with Crippen LogP contribution in [-0.4, -0.2) is 48.0 Å². The fraction of sp³-hybridized carbons (Fsp3) is 0.933. The molecule has 0 aromatic heterocycles. The van der Waals surface area contributed by atoms with E-state index in [0.717, 1.165) is 12.8 Å². The van der Waals surface area contributed by atoms with Gasteiger partial charge in [0, 0.05) is 6.42 Å². The first-order chi connectivity index (χ1) is 9.87. The average Bonchev–Trinajstić information content (AvgIpc) is 2.36. The summed E-state index contributed by atoms with van der Waals surface area (Å²) in [6.07, 6.45) is 1.39. The molecule has 0 amide bonds. The zero-order valence-electron chi connectivity index (χ0n) is 14.6. The lowest BCUT2D eigenvalue weighted by Gasteiger charge is -2.37. The van der Waals surface area contributed by atoms with E-state index in [9.17, 15) is 14.2 Å². The highest BCUT2D eigenvalue weighted by molar-refractivity contribution is 7.64. The van der Waals surface area contributed by atoms with Crippen LogP contribution in [0.25, 0.3) is 0 Å². The molecule has 1 atom stereocenters. The zero-order valence-corrected chi connectivity index (χ0v) is 16.5. The Morgan fingerprint density at radius 1 is 1.23 bits per heavy atom. The molecule has 7 heteroatoms. The van der Waals surface area contributed by atoms with Gasteiger partial charge in [0.05, 0.1) is 18.9 Å². The Balaban J connectivity index is 4.21. The molecule has 0 radical (unpaired) electrons. The van der Waals surface area contributed by atoms with Gasteiger partial charge in [0.1, 0.15) is 12.9 Å². The molecule has 0 aliphatic carbocycles. The summed E-state index contributed by atoms with van der Waals surface area (Å²) in [5, 5.41) is 17.8. The number of aliphatic hydroxyl groups excluding tert-OH is 2. The highest BCUT2D eigenvalue weighted by Crippen LogP contribution is 2.44. The van der Waals surface area contributed by atoms with Crippen LogP contribution in [0.1, 0.15) is 46.5 Å². The first-order valence-electron chi connectivity index (χ1n) is 7.90. The lowest BCUT2D eigenvalue weighted by Crippen LogP contribution is -2.39. The van der Waals surface area contributed by atoms with Gasteiger partial charge >= 0.3 is 0 Å². The van der Waals surface area contributed by atoms with Crippen molar-refractivity contribution in [1.82, 2.24) is 0 Å². The van der Waals surface area contributed by atoms with E-state index in [0.29, 0.717) is 18.8 Å². The smallest absolute Gasteiger partial charge is 0.188 e. The van der Waals surface area contributed by atoms with Crippen LogP contribution in [0.15, 0.2) is 0 Å². The Kier molecular flexibility index (Phi) is 8.74. The molecule has 0 aromatic carbocycles. The van der Waals surface area contributed by atoms with Gasteiger partial charge in [-0.05, 0) is 36.9 Å². The lowest BCUT2D eigenvalue weighted by molar-refractivity contribution is -0.116. The predicted molar refractivity (Wildman–Crippen MR) is 93.0 cm³/mol. The van der Waals surface area contributed by atoms with Gasteiger partial charge in [0.2, 0.25) is 0 Å². The van der Waals surface area contributed by atoms with Crippen molar-refractivity contribution in [3.05, 3.63) is 0 Å². The first-order valence-corrected chi connectivity index (χ1v) is 13.1. The molecule has 0 heterocycles. The molecule has 0 unspecified atom stereocenters. The summed E-state index contributed by atoms with van der Waals surface area (Å²) in [7, 11) is -5.33. The van der Waals surface area contributed by atoms with E-state index in [1.54, 1.807) is 0 Å². The van der Waals surface area contributed by atoms with Crippen molar-refractivity contribution in [3.8, 4) is 0 Å². The third-order valence-corrected chi connectivity index (χ3v) is 10.1. The van der Waals surface area contributed by atoms with E-state index in [1.165, 1.54) is 0 Å². The molecule has 0 fully saturated rings. The maximum Gasteiger partial charge on any atom is 0.188 e. The number of carbonyl (C=O) groups excluding carboxylic acids is 1. The SMILES string of the molecule is C[C@H](CCCC(=O)CP(=O)(CO)CO)CC(C)(C)[Si](C)(C)O. The molecule has 0 spiro atoms. The molecule has 22 heavy (non-hydrogen) atoms. The molecule has 0 saturated heterocycles. The van der Waals surface area contributed by atoms with Crippen LogP contribution >= 0.6 is 7.14 Å². The number of Topliss-reactive ketones (excluding diaryl/α,β-unsaturated/α-hetero) is 1. The highest BCUT2D eigenvalue weighted by Gasteiger charge is 2.38. The fourth-order valence-electron chi connectivity index (χ4n) is 2.42. The Morgan fingerprint density at radius 2 is 1.73 bits per heavy atom. The molecule has 132 valence electrons. The Morgan fingerprint density at radius 3 is 2.14 bits per heavy atom. The van der Waals surface area contributed by atoms with Crippen LogP contribution in [0.4, 0.5) is 0 Å². The predicted octanol–water partition coefficient (Wildman–Crippen LogP) is 2.99. The van der Waals surface area contributed by atoms with Gasteiger partial charge in [-0.3, -0.25) is 4.79 Å². The minimum Gasteiger partial charge on any atom is -0.432 e. The highest BCUT2D eigenvalue weighted by atomic mass is 31.2. The van der Waals surface area contributed by atoms with E-state index in [2.05, 4.69) is 20.8 Å². The van der Waals surface area contributed by atoms with Crippen molar-refractivity contribution in [3.63, 3.8) is 0 Å². The Hall–Kier alpha value is -0.00312. The second kappa shape index (κ2) is 8.74. The van der Waals surface area contributed by atoms with Gasteiger partial charge in [-0.1, -0.05) is 27.2 Å². The molecule has 0 aromatic rings. The monoisotopic (exact) mass is 352 g/mol. The molecule has 5 nitrogen and oxygen atoms in total. The zero-order chi connectivity index (χ0) is 17.6. The first kappa shape index (κ1) is 22.0. The topological polar surface area (TPSA) is 94.8 Å². The van der Waals surface area contributed by atoms with Crippen molar-refractivity contribution >= 4 is 21.2 Å². The van der Waals surface area contributed by atoms with E-state index >= 15 is 0 Å². The van der Waals surface area contributed by atoms with Crippen LogP contribution in [0, 0.1) is 5.92 Å². The van der Waals surface area contributed by atoms with Crippen molar-refractivity contribution in [1.29, 1.82) is 0 Å². The van der Waals surface area contributed by atoms with Crippen molar-refractivity contribution in [2.45, 2.75) is 64.6 Å². The van der Waals surface area contributed by atoms with Crippen LogP contribution in [0.2, 0.25) is 18.1 Å². The van der Waals surface area contributed by atoms with Crippen molar-refractivity contribution < 1.29 is 24.4 Å². The van der Waals surface area contributed by atoms with Gasteiger partial charge in [-0.15, -0.1) is 0 Å². The van der Waals surface area contributed by atoms with Crippen LogP contribution < -0.4 is 0 Å². The second-order valence-corrected chi connectivity index (χ2v) is 15.2. The molecular formula is C15H33O5PSi. The number of ketones is 1. The molecular weight excluding hydrogens is 319 g/mol. The number of hydrogen-bond donors (Lipinski definition) is 3. The van der Waals surface area contributed by atoms with Crippen molar-refractivity contribution in [2.24, 2.45) is 5.92 Å². The standard InChI is InChI=1S/C15H33O5PSi/c1-13(9-15(2,3)22(4,5)20)7-6-8-14(18)10-21(19,11-16)12-17/h13,16-17,20H,6-12H2,1-5H3/t13-/m1/s1. The van der Waals surface area contributed by atoms with Gasteiger partial charge in [-0.2, -0.15) is 0 Å². The molecule has 0 rings (SSSR count). The Bertz CT molecular complexity index is 395. The van der Waals surface area contributed by atoms with Crippen LogP contribution in [-0.2, 0) is 9.36 Å². The van der Waals surface area contributed by atoms with Gasteiger partial charge in [0.25, 0.3) is 0 Å².